The molecule has 0 saturated carbocycles. The van der Waals surface area contributed by atoms with Gasteiger partial charge in [-0.1, -0.05) is 35.3 Å². The highest BCUT2D eigenvalue weighted by atomic mass is 35.5. The van der Waals surface area contributed by atoms with Gasteiger partial charge in [0.1, 0.15) is 10.6 Å². The lowest BCUT2D eigenvalue weighted by molar-refractivity contribution is 0.0746. The summed E-state index contributed by atoms with van der Waals surface area (Å²) in [6, 6.07) is 18.3. The molecule has 34 heavy (non-hydrogen) atoms. The molecular formula is C24H23Cl2N3O4S. The van der Waals surface area contributed by atoms with Crippen LogP contribution in [0.2, 0.25) is 10.0 Å². The van der Waals surface area contributed by atoms with Crippen LogP contribution in [0.15, 0.2) is 71.6 Å². The maximum absolute atomic E-state index is 13.0. The van der Waals surface area contributed by atoms with E-state index in [-0.39, 0.29) is 15.8 Å². The molecule has 1 aliphatic rings. The van der Waals surface area contributed by atoms with E-state index in [0.717, 1.165) is 11.4 Å². The molecule has 0 bridgehead atoms. The Kier molecular flexibility index (Phi) is 7.21. The molecule has 1 saturated heterocycles. The molecule has 0 aliphatic carbocycles. The molecule has 1 amide bonds. The van der Waals surface area contributed by atoms with Gasteiger partial charge >= 0.3 is 0 Å². The lowest BCUT2D eigenvalue weighted by atomic mass is 10.1. The van der Waals surface area contributed by atoms with Crippen LogP contribution in [0.1, 0.15) is 10.4 Å². The van der Waals surface area contributed by atoms with Crippen LogP contribution in [0.4, 0.5) is 11.4 Å². The van der Waals surface area contributed by atoms with Crippen molar-refractivity contribution in [3.8, 4) is 5.75 Å². The topological polar surface area (TPSA) is 79.0 Å². The van der Waals surface area contributed by atoms with Gasteiger partial charge in [0.25, 0.3) is 15.9 Å². The highest BCUT2D eigenvalue weighted by Gasteiger charge is 2.24. The Labute approximate surface area is 208 Å². The molecule has 1 heterocycles. The molecule has 1 fully saturated rings. The zero-order valence-corrected chi connectivity index (χ0v) is 20.7. The van der Waals surface area contributed by atoms with Gasteiger partial charge in [0, 0.05) is 42.5 Å². The number of methoxy groups -OCH3 is 1. The average molecular weight is 520 g/mol. The van der Waals surface area contributed by atoms with Crippen LogP contribution >= 0.6 is 23.2 Å². The van der Waals surface area contributed by atoms with E-state index in [1.165, 1.54) is 18.2 Å². The predicted octanol–water partition coefficient (Wildman–Crippen LogP) is 4.77. The number of para-hydroxylation sites is 2. The minimum atomic E-state index is -3.90. The number of nitrogens with one attached hydrogen (secondary N) is 1. The molecule has 0 unspecified atom stereocenters. The summed E-state index contributed by atoms with van der Waals surface area (Å²) in [6.45, 7) is 2.51. The van der Waals surface area contributed by atoms with Crippen LogP contribution in [-0.2, 0) is 10.0 Å². The largest absolute Gasteiger partial charge is 0.495 e. The van der Waals surface area contributed by atoms with E-state index in [4.69, 9.17) is 27.9 Å². The van der Waals surface area contributed by atoms with E-state index in [0.29, 0.717) is 42.5 Å². The minimum absolute atomic E-state index is 0.0269. The first kappa shape index (κ1) is 24.2. The SMILES string of the molecule is COc1ccccc1N1CCN(C(=O)c2ccc(NS(=O)(=O)c3ccc(Cl)cc3Cl)cc2)CC1. The van der Waals surface area contributed by atoms with Gasteiger partial charge in [0.15, 0.2) is 0 Å². The van der Waals surface area contributed by atoms with Crippen molar-refractivity contribution in [2.45, 2.75) is 4.90 Å². The number of ether oxygens (including phenoxy) is 1. The second-order valence-electron chi connectivity index (χ2n) is 7.71. The number of hydrogen-bond acceptors (Lipinski definition) is 5. The molecule has 1 N–H and O–H groups in total. The quantitative estimate of drug-likeness (QED) is 0.507. The van der Waals surface area contributed by atoms with Crippen LogP contribution in [-0.4, -0.2) is 52.5 Å². The van der Waals surface area contributed by atoms with Crippen molar-refractivity contribution in [2.24, 2.45) is 0 Å². The molecule has 0 atom stereocenters. The summed E-state index contributed by atoms with van der Waals surface area (Å²) in [7, 11) is -2.26. The van der Waals surface area contributed by atoms with Gasteiger partial charge in [-0.3, -0.25) is 9.52 Å². The summed E-state index contributed by atoms with van der Waals surface area (Å²) in [6.07, 6.45) is 0. The number of sulfonamides is 1. The lowest BCUT2D eigenvalue weighted by Crippen LogP contribution is -2.48. The molecule has 0 spiro atoms. The van der Waals surface area contributed by atoms with E-state index >= 15 is 0 Å². The number of halogens is 2. The Hall–Kier alpha value is -2.94. The predicted molar refractivity (Wildman–Crippen MR) is 135 cm³/mol. The minimum Gasteiger partial charge on any atom is -0.495 e. The first-order chi connectivity index (χ1) is 16.3. The molecule has 0 radical (unpaired) electrons. The zero-order valence-electron chi connectivity index (χ0n) is 18.4. The number of carbonyl (C=O) groups excluding carboxylic acids is 1. The first-order valence-electron chi connectivity index (χ1n) is 10.5. The Morgan fingerprint density at radius 1 is 0.941 bits per heavy atom. The smallest absolute Gasteiger partial charge is 0.263 e. The summed E-state index contributed by atoms with van der Waals surface area (Å²) >= 11 is 11.9. The monoisotopic (exact) mass is 519 g/mol. The Morgan fingerprint density at radius 2 is 1.62 bits per heavy atom. The van der Waals surface area contributed by atoms with Crippen LogP contribution < -0.4 is 14.4 Å². The van der Waals surface area contributed by atoms with Crippen molar-refractivity contribution in [2.75, 3.05) is 42.9 Å². The molecule has 3 aromatic rings. The third-order valence-electron chi connectivity index (χ3n) is 5.56. The van der Waals surface area contributed by atoms with E-state index in [9.17, 15) is 13.2 Å². The summed E-state index contributed by atoms with van der Waals surface area (Å²) in [5.41, 5.74) is 1.82. The van der Waals surface area contributed by atoms with Crippen LogP contribution in [0.5, 0.6) is 5.75 Å². The third-order valence-corrected chi connectivity index (χ3v) is 7.66. The molecule has 1 aliphatic heterocycles. The maximum atomic E-state index is 13.0. The number of nitrogens with zero attached hydrogens (tertiary/aromatic N) is 2. The summed E-state index contributed by atoms with van der Waals surface area (Å²) < 4.78 is 33.3. The molecule has 4 rings (SSSR count). The van der Waals surface area contributed by atoms with Gasteiger partial charge in [-0.05, 0) is 54.6 Å². The van der Waals surface area contributed by atoms with Crippen LogP contribution in [0, 0.1) is 0 Å². The van der Waals surface area contributed by atoms with Crippen molar-refractivity contribution in [3.63, 3.8) is 0 Å². The van der Waals surface area contributed by atoms with E-state index in [1.54, 1.807) is 36.3 Å². The van der Waals surface area contributed by atoms with Gasteiger partial charge in [-0.25, -0.2) is 8.42 Å². The Bertz CT molecular complexity index is 1290. The van der Waals surface area contributed by atoms with Crippen molar-refractivity contribution in [1.29, 1.82) is 0 Å². The fraction of sp³-hybridized carbons (Fsp3) is 0.208. The van der Waals surface area contributed by atoms with E-state index < -0.39 is 10.0 Å². The normalized spacial score (nSPS) is 14.1. The summed E-state index contributed by atoms with van der Waals surface area (Å²) in [5.74, 6) is 0.704. The second-order valence-corrected chi connectivity index (χ2v) is 10.2. The standard InChI is InChI=1S/C24H23Cl2N3O4S/c1-33-22-5-3-2-4-21(22)28-12-14-29(15-13-28)24(30)17-6-9-19(10-7-17)27-34(31,32)23-11-8-18(25)16-20(23)26/h2-11,16,27H,12-15H2,1H3. The molecule has 7 nitrogen and oxygen atoms in total. The average Bonchev–Trinajstić information content (AvgIpc) is 2.83. The van der Waals surface area contributed by atoms with E-state index in [2.05, 4.69) is 9.62 Å². The zero-order chi connectivity index (χ0) is 24.3. The fourth-order valence-electron chi connectivity index (χ4n) is 3.81. The molecule has 178 valence electrons. The first-order valence-corrected chi connectivity index (χ1v) is 12.8. The molecule has 10 heteroatoms. The van der Waals surface area contributed by atoms with Crippen LogP contribution in [0.25, 0.3) is 0 Å². The molecule has 0 aromatic heterocycles. The number of amides is 1. The lowest BCUT2D eigenvalue weighted by Gasteiger charge is -2.36. The van der Waals surface area contributed by atoms with Crippen molar-refractivity contribution < 1.29 is 17.9 Å². The van der Waals surface area contributed by atoms with Gasteiger partial charge < -0.3 is 14.5 Å². The second kappa shape index (κ2) is 10.1. The summed E-state index contributed by atoms with van der Waals surface area (Å²) in [5, 5.41) is 0.370. The van der Waals surface area contributed by atoms with Crippen molar-refractivity contribution >= 4 is 50.5 Å². The van der Waals surface area contributed by atoms with Gasteiger partial charge in [-0.2, -0.15) is 0 Å². The summed E-state index contributed by atoms with van der Waals surface area (Å²) in [4.78, 5) is 16.9. The fourth-order valence-corrected chi connectivity index (χ4v) is 5.64. The third kappa shape index (κ3) is 5.24. The van der Waals surface area contributed by atoms with Crippen molar-refractivity contribution in [1.82, 2.24) is 4.90 Å². The highest BCUT2D eigenvalue weighted by molar-refractivity contribution is 7.92. The number of rotatable bonds is 6. The van der Waals surface area contributed by atoms with Gasteiger partial charge in [0.05, 0.1) is 17.8 Å². The molecular weight excluding hydrogens is 497 g/mol. The Balaban J connectivity index is 1.40. The van der Waals surface area contributed by atoms with Crippen molar-refractivity contribution in [3.05, 3.63) is 82.3 Å². The van der Waals surface area contributed by atoms with Gasteiger partial charge in [0.2, 0.25) is 0 Å². The highest BCUT2D eigenvalue weighted by Crippen LogP contribution is 2.29. The number of benzene rings is 3. The van der Waals surface area contributed by atoms with E-state index in [1.807, 2.05) is 24.3 Å². The number of piperazine rings is 1. The maximum Gasteiger partial charge on any atom is 0.263 e. The number of hydrogen-bond donors (Lipinski definition) is 1. The number of anilines is 2. The number of carbonyl (C=O) groups is 1. The molecule has 3 aromatic carbocycles. The Morgan fingerprint density at radius 3 is 2.26 bits per heavy atom. The van der Waals surface area contributed by atoms with Crippen LogP contribution in [0.3, 0.4) is 0 Å². The van der Waals surface area contributed by atoms with Gasteiger partial charge in [-0.15, -0.1) is 0 Å².